The highest BCUT2D eigenvalue weighted by Crippen LogP contribution is 2.39. The molecular formula is C29H29FN2O4. The minimum Gasteiger partial charge on any atom is -0.507 e. The van der Waals surface area contributed by atoms with Crippen molar-refractivity contribution in [1.29, 1.82) is 0 Å². The number of rotatable bonds is 9. The SMILES string of the molecule is CN(C)CCCN1C(=O)C(=O)C(=C(O)c2ccc(OCc3ccccc3)cc2)C1c1ccc(F)cc1. The summed E-state index contributed by atoms with van der Waals surface area (Å²) in [7, 11) is 3.86. The van der Waals surface area contributed by atoms with Gasteiger partial charge in [0.15, 0.2) is 0 Å². The molecule has 1 N–H and O–H groups in total. The number of aliphatic hydroxyl groups excluding tert-OH is 1. The predicted molar refractivity (Wildman–Crippen MR) is 136 cm³/mol. The van der Waals surface area contributed by atoms with Gasteiger partial charge in [-0.3, -0.25) is 9.59 Å². The number of hydrogen-bond acceptors (Lipinski definition) is 5. The number of carbonyl (C=O) groups is 2. The average molecular weight is 489 g/mol. The molecule has 0 aromatic heterocycles. The number of benzene rings is 3. The maximum atomic E-state index is 13.6. The Balaban J connectivity index is 1.63. The van der Waals surface area contributed by atoms with Crippen molar-refractivity contribution in [1.82, 2.24) is 9.80 Å². The molecule has 1 atom stereocenters. The van der Waals surface area contributed by atoms with Crippen LogP contribution >= 0.6 is 0 Å². The highest BCUT2D eigenvalue weighted by molar-refractivity contribution is 6.46. The minimum atomic E-state index is -0.804. The van der Waals surface area contributed by atoms with Gasteiger partial charge in [0.05, 0.1) is 11.6 Å². The fourth-order valence-corrected chi connectivity index (χ4v) is 4.26. The Morgan fingerprint density at radius 2 is 1.64 bits per heavy atom. The molecule has 1 aliphatic rings. The molecule has 0 bridgehead atoms. The van der Waals surface area contributed by atoms with E-state index < -0.39 is 23.5 Å². The van der Waals surface area contributed by atoms with Gasteiger partial charge in [-0.1, -0.05) is 42.5 Å². The van der Waals surface area contributed by atoms with Gasteiger partial charge in [0.25, 0.3) is 11.7 Å². The molecular weight excluding hydrogens is 459 g/mol. The highest BCUT2D eigenvalue weighted by Gasteiger charge is 2.45. The monoisotopic (exact) mass is 488 g/mol. The number of carbonyl (C=O) groups excluding carboxylic acids is 2. The van der Waals surface area contributed by atoms with Crippen LogP contribution in [0.5, 0.6) is 5.75 Å². The van der Waals surface area contributed by atoms with Gasteiger partial charge in [-0.15, -0.1) is 0 Å². The minimum absolute atomic E-state index is 0.00517. The van der Waals surface area contributed by atoms with E-state index in [2.05, 4.69) is 0 Å². The first kappa shape index (κ1) is 25.1. The summed E-state index contributed by atoms with van der Waals surface area (Å²) >= 11 is 0. The first-order valence-corrected chi connectivity index (χ1v) is 11.8. The molecule has 4 rings (SSSR count). The number of likely N-dealkylation sites (tertiary alicyclic amines) is 1. The van der Waals surface area contributed by atoms with Gasteiger partial charge in [-0.2, -0.15) is 0 Å². The summed E-state index contributed by atoms with van der Waals surface area (Å²) in [4.78, 5) is 29.5. The van der Waals surface area contributed by atoms with Gasteiger partial charge in [0.1, 0.15) is 23.9 Å². The van der Waals surface area contributed by atoms with Crippen LogP contribution in [0.2, 0.25) is 0 Å². The van der Waals surface area contributed by atoms with Gasteiger partial charge < -0.3 is 19.6 Å². The highest BCUT2D eigenvalue weighted by atomic mass is 19.1. The van der Waals surface area contributed by atoms with Crippen molar-refractivity contribution in [2.75, 3.05) is 27.2 Å². The van der Waals surface area contributed by atoms with Crippen LogP contribution < -0.4 is 4.74 Å². The van der Waals surface area contributed by atoms with Crippen LogP contribution in [0, 0.1) is 5.82 Å². The molecule has 1 aliphatic heterocycles. The van der Waals surface area contributed by atoms with Crippen molar-refractivity contribution in [2.24, 2.45) is 0 Å². The van der Waals surface area contributed by atoms with E-state index in [-0.39, 0.29) is 11.3 Å². The topological polar surface area (TPSA) is 70.1 Å². The van der Waals surface area contributed by atoms with Gasteiger partial charge in [-0.05, 0) is 74.6 Å². The van der Waals surface area contributed by atoms with E-state index in [9.17, 15) is 19.1 Å². The summed E-state index contributed by atoms with van der Waals surface area (Å²) in [5.74, 6) is -1.51. The summed E-state index contributed by atoms with van der Waals surface area (Å²) in [5.41, 5.74) is 1.97. The van der Waals surface area contributed by atoms with Crippen LogP contribution in [0.3, 0.4) is 0 Å². The number of Topliss-reactive ketones (excluding diaryl/α,β-unsaturated/α-hetero) is 1. The lowest BCUT2D eigenvalue weighted by molar-refractivity contribution is -0.139. The summed E-state index contributed by atoms with van der Waals surface area (Å²) in [6.07, 6.45) is 0.644. The number of nitrogens with zero attached hydrogens (tertiary/aromatic N) is 2. The van der Waals surface area contributed by atoms with Gasteiger partial charge in [-0.25, -0.2) is 4.39 Å². The fourth-order valence-electron chi connectivity index (χ4n) is 4.26. The summed E-state index contributed by atoms with van der Waals surface area (Å²) < 4.78 is 19.4. The van der Waals surface area contributed by atoms with E-state index >= 15 is 0 Å². The fraction of sp³-hybridized carbons (Fsp3) is 0.241. The molecule has 0 aliphatic carbocycles. The van der Waals surface area contributed by atoms with E-state index in [0.717, 1.165) is 12.1 Å². The summed E-state index contributed by atoms with van der Waals surface area (Å²) in [6.45, 7) is 1.45. The van der Waals surface area contributed by atoms with Crippen molar-refractivity contribution >= 4 is 17.4 Å². The average Bonchev–Trinajstić information content (AvgIpc) is 3.13. The van der Waals surface area contributed by atoms with Crippen LogP contribution in [-0.4, -0.2) is 53.8 Å². The van der Waals surface area contributed by atoms with Crippen LogP contribution in [0.15, 0.2) is 84.4 Å². The molecule has 1 saturated heterocycles. The third-order valence-electron chi connectivity index (χ3n) is 6.11. The molecule has 186 valence electrons. The number of amides is 1. The second-order valence-electron chi connectivity index (χ2n) is 9.00. The van der Waals surface area contributed by atoms with Crippen molar-refractivity contribution in [2.45, 2.75) is 19.1 Å². The van der Waals surface area contributed by atoms with E-state index in [1.54, 1.807) is 36.4 Å². The van der Waals surface area contributed by atoms with Gasteiger partial charge in [0.2, 0.25) is 0 Å². The quantitative estimate of drug-likeness (QED) is 0.267. The standard InChI is InChI=1S/C29H29FN2O4/c1-31(2)17-6-18-32-26(21-9-13-23(30)14-10-21)25(28(34)29(32)35)27(33)22-11-15-24(16-12-22)36-19-20-7-4-3-5-8-20/h3-5,7-16,26,33H,6,17-19H2,1-2H3. The van der Waals surface area contributed by atoms with E-state index in [0.29, 0.717) is 36.4 Å². The lowest BCUT2D eigenvalue weighted by Gasteiger charge is -2.26. The Kier molecular flexibility index (Phi) is 7.80. The zero-order chi connectivity index (χ0) is 25.7. The number of ketones is 1. The summed E-state index contributed by atoms with van der Waals surface area (Å²) in [5, 5.41) is 11.2. The lowest BCUT2D eigenvalue weighted by atomic mass is 9.95. The molecule has 1 amide bonds. The van der Waals surface area contributed by atoms with Gasteiger partial charge >= 0.3 is 0 Å². The van der Waals surface area contributed by atoms with Crippen LogP contribution in [0.25, 0.3) is 5.76 Å². The first-order valence-electron chi connectivity index (χ1n) is 11.8. The molecule has 3 aromatic rings. The molecule has 36 heavy (non-hydrogen) atoms. The predicted octanol–water partition coefficient (Wildman–Crippen LogP) is 4.78. The largest absolute Gasteiger partial charge is 0.507 e. The molecule has 0 saturated carbocycles. The Hall–Kier alpha value is -3.97. The van der Waals surface area contributed by atoms with Crippen LogP contribution in [-0.2, 0) is 16.2 Å². The molecule has 1 unspecified atom stereocenters. The molecule has 6 nitrogen and oxygen atoms in total. The number of hydrogen-bond donors (Lipinski definition) is 1. The molecule has 7 heteroatoms. The van der Waals surface area contributed by atoms with Crippen molar-refractivity contribution in [3.63, 3.8) is 0 Å². The lowest BCUT2D eigenvalue weighted by Crippen LogP contribution is -2.32. The van der Waals surface area contributed by atoms with E-state index in [1.807, 2.05) is 49.3 Å². The summed E-state index contributed by atoms with van der Waals surface area (Å²) in [6, 6.07) is 21.3. The van der Waals surface area contributed by atoms with Crippen molar-refractivity contribution < 1.29 is 23.8 Å². The second-order valence-corrected chi connectivity index (χ2v) is 9.00. The van der Waals surface area contributed by atoms with E-state index in [1.165, 1.54) is 17.0 Å². The van der Waals surface area contributed by atoms with Gasteiger partial charge in [0, 0.05) is 12.1 Å². The zero-order valence-electron chi connectivity index (χ0n) is 20.4. The molecule has 3 aromatic carbocycles. The van der Waals surface area contributed by atoms with Crippen molar-refractivity contribution in [3.8, 4) is 5.75 Å². The normalized spacial score (nSPS) is 17.1. The third-order valence-corrected chi connectivity index (χ3v) is 6.11. The Morgan fingerprint density at radius 3 is 2.28 bits per heavy atom. The maximum absolute atomic E-state index is 13.6. The number of ether oxygens (including phenoxy) is 1. The molecule has 0 radical (unpaired) electrons. The maximum Gasteiger partial charge on any atom is 0.295 e. The van der Waals surface area contributed by atoms with E-state index in [4.69, 9.17) is 4.74 Å². The Labute approximate surface area is 210 Å². The molecule has 0 spiro atoms. The van der Waals surface area contributed by atoms with Crippen LogP contribution in [0.4, 0.5) is 4.39 Å². The Morgan fingerprint density at radius 1 is 0.972 bits per heavy atom. The first-order chi connectivity index (χ1) is 17.3. The molecule has 1 heterocycles. The number of halogens is 1. The molecule has 1 fully saturated rings. The number of aliphatic hydroxyl groups is 1. The zero-order valence-corrected chi connectivity index (χ0v) is 20.4. The second kappa shape index (κ2) is 11.2. The smallest absolute Gasteiger partial charge is 0.295 e. The van der Waals surface area contributed by atoms with Crippen molar-refractivity contribution in [3.05, 3.63) is 107 Å². The third kappa shape index (κ3) is 5.63. The van der Waals surface area contributed by atoms with Crippen LogP contribution in [0.1, 0.15) is 29.2 Å². The Bertz CT molecular complexity index is 1240.